The van der Waals surface area contributed by atoms with Gasteiger partial charge in [0.05, 0.1) is 0 Å². The first kappa shape index (κ1) is 17.0. The van der Waals surface area contributed by atoms with Crippen LogP contribution in [0.4, 0.5) is 5.95 Å². The quantitative estimate of drug-likeness (QED) is 0.761. The summed E-state index contributed by atoms with van der Waals surface area (Å²) >= 11 is 5.90. The molecule has 2 rings (SSSR count). The molecule has 0 fully saturated rings. The Morgan fingerprint density at radius 3 is 2.74 bits per heavy atom. The van der Waals surface area contributed by atoms with E-state index in [1.54, 1.807) is 43.6 Å². The van der Waals surface area contributed by atoms with Gasteiger partial charge in [-0.3, -0.25) is 4.79 Å². The second-order valence-electron chi connectivity index (χ2n) is 4.96. The molecule has 0 saturated carbocycles. The molecule has 23 heavy (non-hydrogen) atoms. The third-order valence-electron chi connectivity index (χ3n) is 3.08. The van der Waals surface area contributed by atoms with Crippen molar-refractivity contribution in [3.8, 4) is 5.75 Å². The van der Waals surface area contributed by atoms with Crippen LogP contribution in [0.15, 0.2) is 36.7 Å². The first-order valence-corrected chi connectivity index (χ1v) is 7.65. The number of carbonyl (C=O) groups is 1. The highest BCUT2D eigenvalue weighted by atomic mass is 35.5. The fraction of sp³-hybridized carbons (Fsp3) is 0.312. The number of ether oxygens (including phenoxy) is 1. The molecule has 7 heteroatoms. The van der Waals surface area contributed by atoms with E-state index >= 15 is 0 Å². The van der Waals surface area contributed by atoms with Gasteiger partial charge in [0.1, 0.15) is 5.75 Å². The Hall–Kier alpha value is -2.34. The summed E-state index contributed by atoms with van der Waals surface area (Å²) < 4.78 is 5.66. The molecule has 0 spiro atoms. The minimum Gasteiger partial charge on any atom is -0.481 e. The SMILES string of the molecule is Cc1cc(Cl)ccc1O[C@@H](C)C(=O)NCCNc1ncccn1. The van der Waals surface area contributed by atoms with Crippen LogP contribution in [-0.4, -0.2) is 35.1 Å². The van der Waals surface area contributed by atoms with E-state index in [9.17, 15) is 4.79 Å². The Kier molecular flexibility index (Phi) is 6.17. The molecular formula is C16H19ClN4O2. The lowest BCUT2D eigenvalue weighted by Crippen LogP contribution is -2.38. The van der Waals surface area contributed by atoms with Crippen LogP contribution in [0.25, 0.3) is 0 Å². The largest absolute Gasteiger partial charge is 0.481 e. The van der Waals surface area contributed by atoms with E-state index in [0.717, 1.165) is 5.56 Å². The molecule has 1 aromatic carbocycles. The van der Waals surface area contributed by atoms with E-state index in [4.69, 9.17) is 16.3 Å². The smallest absolute Gasteiger partial charge is 0.260 e. The van der Waals surface area contributed by atoms with Gasteiger partial charge in [0.25, 0.3) is 5.91 Å². The highest BCUT2D eigenvalue weighted by molar-refractivity contribution is 6.30. The summed E-state index contributed by atoms with van der Waals surface area (Å²) in [7, 11) is 0. The second kappa shape index (κ2) is 8.33. The van der Waals surface area contributed by atoms with Crippen LogP contribution in [-0.2, 0) is 4.79 Å². The topological polar surface area (TPSA) is 76.1 Å². The normalized spacial score (nSPS) is 11.6. The zero-order valence-corrected chi connectivity index (χ0v) is 13.8. The van der Waals surface area contributed by atoms with Gasteiger partial charge >= 0.3 is 0 Å². The van der Waals surface area contributed by atoms with Gasteiger partial charge in [-0.2, -0.15) is 0 Å². The Balaban J connectivity index is 1.74. The van der Waals surface area contributed by atoms with Crippen LogP contribution < -0.4 is 15.4 Å². The van der Waals surface area contributed by atoms with Crippen molar-refractivity contribution in [3.05, 3.63) is 47.2 Å². The summed E-state index contributed by atoms with van der Waals surface area (Å²) in [5.74, 6) is 0.992. The van der Waals surface area contributed by atoms with Crippen molar-refractivity contribution < 1.29 is 9.53 Å². The summed E-state index contributed by atoms with van der Waals surface area (Å²) in [5, 5.41) is 6.45. The highest BCUT2D eigenvalue weighted by Gasteiger charge is 2.15. The van der Waals surface area contributed by atoms with Gasteiger partial charge in [0.15, 0.2) is 6.10 Å². The molecule has 6 nitrogen and oxygen atoms in total. The minimum atomic E-state index is -0.595. The zero-order chi connectivity index (χ0) is 16.7. The number of nitrogens with zero attached hydrogens (tertiary/aromatic N) is 2. The van der Waals surface area contributed by atoms with Gasteiger partial charge in [-0.05, 0) is 43.7 Å². The molecule has 0 aliphatic heterocycles. The van der Waals surface area contributed by atoms with Crippen molar-refractivity contribution in [2.24, 2.45) is 0 Å². The molecular weight excluding hydrogens is 316 g/mol. The monoisotopic (exact) mass is 334 g/mol. The van der Waals surface area contributed by atoms with E-state index < -0.39 is 6.10 Å². The Labute approximate surface area is 140 Å². The number of benzene rings is 1. The molecule has 0 bridgehead atoms. The second-order valence-corrected chi connectivity index (χ2v) is 5.40. The highest BCUT2D eigenvalue weighted by Crippen LogP contribution is 2.22. The predicted octanol–water partition coefficient (Wildman–Crippen LogP) is 2.43. The van der Waals surface area contributed by atoms with Crippen molar-refractivity contribution >= 4 is 23.5 Å². The zero-order valence-electron chi connectivity index (χ0n) is 13.0. The number of nitrogens with one attached hydrogen (secondary N) is 2. The molecule has 122 valence electrons. The van der Waals surface area contributed by atoms with Gasteiger partial charge in [-0.1, -0.05) is 11.6 Å². The molecule has 0 aliphatic carbocycles. The average molecular weight is 335 g/mol. The maximum absolute atomic E-state index is 12.0. The molecule has 1 amide bonds. The number of anilines is 1. The fourth-order valence-corrected chi connectivity index (χ4v) is 2.11. The van der Waals surface area contributed by atoms with Crippen molar-refractivity contribution in [2.45, 2.75) is 20.0 Å². The number of halogens is 1. The number of hydrogen-bond donors (Lipinski definition) is 2. The number of aromatic nitrogens is 2. The Morgan fingerprint density at radius 1 is 1.30 bits per heavy atom. The number of aryl methyl sites for hydroxylation is 1. The van der Waals surface area contributed by atoms with Gasteiger partial charge < -0.3 is 15.4 Å². The standard InChI is InChI=1S/C16H19ClN4O2/c1-11-10-13(17)4-5-14(11)23-12(2)15(22)18-8-9-21-16-19-6-3-7-20-16/h3-7,10,12H,8-9H2,1-2H3,(H,18,22)(H,19,20,21)/t12-/m0/s1. The molecule has 0 radical (unpaired) electrons. The van der Waals surface area contributed by atoms with E-state index in [2.05, 4.69) is 20.6 Å². The molecule has 2 N–H and O–H groups in total. The third kappa shape index (κ3) is 5.41. The van der Waals surface area contributed by atoms with E-state index in [-0.39, 0.29) is 5.91 Å². The molecule has 0 saturated heterocycles. The van der Waals surface area contributed by atoms with Gasteiger partial charge in [0, 0.05) is 30.5 Å². The molecule has 1 heterocycles. The van der Waals surface area contributed by atoms with Crippen LogP contribution in [0.2, 0.25) is 5.02 Å². The number of carbonyl (C=O) groups excluding carboxylic acids is 1. The maximum atomic E-state index is 12.0. The van der Waals surface area contributed by atoms with Crippen molar-refractivity contribution in [1.29, 1.82) is 0 Å². The van der Waals surface area contributed by atoms with Crippen LogP contribution in [0, 0.1) is 6.92 Å². The molecule has 1 aromatic heterocycles. The van der Waals surface area contributed by atoms with Crippen molar-refractivity contribution in [2.75, 3.05) is 18.4 Å². The first-order chi connectivity index (χ1) is 11.1. The van der Waals surface area contributed by atoms with Crippen molar-refractivity contribution in [1.82, 2.24) is 15.3 Å². The summed E-state index contributed by atoms with van der Waals surface area (Å²) in [6, 6.07) is 7.03. The third-order valence-corrected chi connectivity index (χ3v) is 3.32. The van der Waals surface area contributed by atoms with E-state index in [1.165, 1.54) is 0 Å². The predicted molar refractivity (Wildman–Crippen MR) is 89.8 cm³/mol. The lowest BCUT2D eigenvalue weighted by Gasteiger charge is -2.16. The maximum Gasteiger partial charge on any atom is 0.260 e. The number of rotatable bonds is 7. The Morgan fingerprint density at radius 2 is 2.04 bits per heavy atom. The molecule has 0 aliphatic rings. The average Bonchev–Trinajstić information content (AvgIpc) is 2.55. The first-order valence-electron chi connectivity index (χ1n) is 7.27. The molecule has 2 aromatic rings. The Bertz CT molecular complexity index is 652. The van der Waals surface area contributed by atoms with Gasteiger partial charge in [-0.15, -0.1) is 0 Å². The van der Waals surface area contributed by atoms with E-state index in [0.29, 0.717) is 29.8 Å². The lowest BCUT2D eigenvalue weighted by molar-refractivity contribution is -0.127. The van der Waals surface area contributed by atoms with Crippen LogP contribution >= 0.6 is 11.6 Å². The number of amides is 1. The lowest BCUT2D eigenvalue weighted by atomic mass is 10.2. The van der Waals surface area contributed by atoms with Gasteiger partial charge in [-0.25, -0.2) is 9.97 Å². The minimum absolute atomic E-state index is 0.185. The van der Waals surface area contributed by atoms with Crippen LogP contribution in [0.3, 0.4) is 0 Å². The molecule has 1 atom stereocenters. The van der Waals surface area contributed by atoms with Crippen LogP contribution in [0.1, 0.15) is 12.5 Å². The molecule has 0 unspecified atom stereocenters. The number of hydrogen-bond acceptors (Lipinski definition) is 5. The van der Waals surface area contributed by atoms with Gasteiger partial charge in [0.2, 0.25) is 5.95 Å². The van der Waals surface area contributed by atoms with Crippen molar-refractivity contribution in [3.63, 3.8) is 0 Å². The summed E-state index contributed by atoms with van der Waals surface area (Å²) in [4.78, 5) is 20.1. The fourth-order valence-electron chi connectivity index (χ4n) is 1.88. The summed E-state index contributed by atoms with van der Waals surface area (Å²) in [6.07, 6.45) is 2.71. The summed E-state index contributed by atoms with van der Waals surface area (Å²) in [6.45, 7) is 4.57. The summed E-state index contributed by atoms with van der Waals surface area (Å²) in [5.41, 5.74) is 0.889. The van der Waals surface area contributed by atoms with E-state index in [1.807, 2.05) is 6.92 Å². The van der Waals surface area contributed by atoms with Crippen LogP contribution in [0.5, 0.6) is 5.75 Å².